The van der Waals surface area contributed by atoms with E-state index in [2.05, 4.69) is 24.5 Å². The second kappa shape index (κ2) is 6.02. The summed E-state index contributed by atoms with van der Waals surface area (Å²) in [5.74, 6) is 2.90. The molecule has 0 bridgehead atoms. The molecule has 1 rings (SSSR count). The van der Waals surface area contributed by atoms with Gasteiger partial charge in [-0.25, -0.2) is 0 Å². The number of hydrogen-bond acceptors (Lipinski definition) is 3. The first-order valence-corrected chi connectivity index (χ1v) is 7.14. The molecule has 0 saturated carbocycles. The van der Waals surface area contributed by atoms with Crippen molar-refractivity contribution in [3.8, 4) is 6.07 Å². The molecule has 0 spiro atoms. The molecule has 0 aliphatic heterocycles. The van der Waals surface area contributed by atoms with Gasteiger partial charge in [0.15, 0.2) is 0 Å². The van der Waals surface area contributed by atoms with Gasteiger partial charge in [-0.05, 0) is 44.3 Å². The molecule has 0 radical (unpaired) electrons. The maximum absolute atomic E-state index is 9.09. The van der Waals surface area contributed by atoms with Crippen molar-refractivity contribution in [1.82, 2.24) is 4.57 Å². The fraction of sp³-hybridized carbons (Fsp3) is 0.615. The van der Waals surface area contributed by atoms with Crippen LogP contribution >= 0.6 is 11.8 Å². The second-order valence-electron chi connectivity index (χ2n) is 4.29. The van der Waals surface area contributed by atoms with E-state index >= 15 is 0 Å². The fourth-order valence-corrected chi connectivity index (χ4v) is 2.89. The summed E-state index contributed by atoms with van der Waals surface area (Å²) in [6, 6.07) is 2.55. The predicted molar refractivity (Wildman–Crippen MR) is 75.4 cm³/mol. The molecule has 0 saturated heterocycles. The molecule has 0 amide bonds. The van der Waals surface area contributed by atoms with E-state index in [1.807, 2.05) is 25.6 Å². The van der Waals surface area contributed by atoms with Crippen LogP contribution in [-0.2, 0) is 0 Å². The number of aromatic nitrogens is 1. The summed E-state index contributed by atoms with van der Waals surface area (Å²) in [7, 11) is 0. The molecule has 0 aliphatic carbocycles. The maximum atomic E-state index is 9.09. The minimum Gasteiger partial charge on any atom is -0.384 e. The zero-order valence-electron chi connectivity index (χ0n) is 11.1. The highest BCUT2D eigenvalue weighted by atomic mass is 32.2. The third-order valence-corrected chi connectivity index (χ3v) is 4.16. The molecule has 1 unspecified atom stereocenters. The van der Waals surface area contributed by atoms with E-state index in [0.29, 0.717) is 17.4 Å². The number of anilines is 1. The van der Waals surface area contributed by atoms with Crippen LogP contribution in [0.3, 0.4) is 0 Å². The molecule has 2 N–H and O–H groups in total. The van der Waals surface area contributed by atoms with Gasteiger partial charge in [0.25, 0.3) is 0 Å². The summed E-state index contributed by atoms with van der Waals surface area (Å²) < 4.78 is 2.10. The van der Waals surface area contributed by atoms with Crippen LogP contribution in [0.2, 0.25) is 0 Å². The molecule has 0 aromatic carbocycles. The van der Waals surface area contributed by atoms with Crippen molar-refractivity contribution in [3.63, 3.8) is 0 Å². The van der Waals surface area contributed by atoms with Crippen LogP contribution in [0.5, 0.6) is 0 Å². The molecule has 3 nitrogen and oxygen atoms in total. The molecule has 1 aromatic heterocycles. The smallest absolute Gasteiger partial charge is 0.122 e. The van der Waals surface area contributed by atoms with Crippen LogP contribution in [0.1, 0.15) is 43.1 Å². The third kappa shape index (κ3) is 2.78. The van der Waals surface area contributed by atoms with Gasteiger partial charge in [-0.3, -0.25) is 0 Å². The lowest BCUT2D eigenvalue weighted by Crippen LogP contribution is -2.11. The summed E-state index contributed by atoms with van der Waals surface area (Å²) in [5, 5.41) is 9.09. The first kappa shape index (κ1) is 14.0. The zero-order chi connectivity index (χ0) is 13.0. The van der Waals surface area contributed by atoms with Gasteiger partial charge in [-0.2, -0.15) is 17.0 Å². The summed E-state index contributed by atoms with van der Waals surface area (Å²) in [6.45, 7) is 8.34. The number of nitrogen functional groups attached to an aromatic ring is 1. The zero-order valence-corrected chi connectivity index (χ0v) is 11.9. The van der Waals surface area contributed by atoms with Crippen molar-refractivity contribution in [3.05, 3.63) is 16.8 Å². The molecule has 4 heteroatoms. The number of nitriles is 1. The normalized spacial score (nSPS) is 12.4. The molecule has 1 heterocycles. The Morgan fingerprint density at radius 2 is 2.12 bits per heavy atom. The topological polar surface area (TPSA) is 54.7 Å². The van der Waals surface area contributed by atoms with Gasteiger partial charge in [0.2, 0.25) is 0 Å². The Bertz CT molecular complexity index is 429. The van der Waals surface area contributed by atoms with Crippen LogP contribution in [0.25, 0.3) is 0 Å². The molecule has 0 aliphatic rings. The molecular formula is C13H21N3S. The fourth-order valence-electron chi connectivity index (χ4n) is 2.09. The minimum atomic E-state index is 0.356. The van der Waals surface area contributed by atoms with Crippen molar-refractivity contribution in [2.45, 2.75) is 40.2 Å². The average Bonchev–Trinajstić information content (AvgIpc) is 2.50. The number of thioether (sulfide) groups is 1. The highest BCUT2D eigenvalue weighted by Gasteiger charge is 2.18. The first-order valence-electron chi connectivity index (χ1n) is 5.99. The lowest BCUT2D eigenvalue weighted by molar-refractivity contribution is 0.532. The van der Waals surface area contributed by atoms with E-state index in [4.69, 9.17) is 11.0 Å². The van der Waals surface area contributed by atoms with E-state index in [0.717, 1.165) is 29.2 Å². The Labute approximate surface area is 108 Å². The van der Waals surface area contributed by atoms with Crippen molar-refractivity contribution in [2.75, 3.05) is 17.2 Å². The Morgan fingerprint density at radius 1 is 1.47 bits per heavy atom. The van der Waals surface area contributed by atoms with E-state index in [1.165, 1.54) is 0 Å². The van der Waals surface area contributed by atoms with E-state index in [1.54, 1.807) is 0 Å². The predicted octanol–water partition coefficient (Wildman–Crippen LogP) is 3.26. The van der Waals surface area contributed by atoms with Gasteiger partial charge in [0.05, 0.1) is 5.56 Å². The summed E-state index contributed by atoms with van der Waals surface area (Å²) in [6.07, 6.45) is 1.09. The van der Waals surface area contributed by atoms with E-state index in [9.17, 15) is 0 Å². The monoisotopic (exact) mass is 251 g/mol. The Balaban J connectivity index is 2.95. The van der Waals surface area contributed by atoms with Gasteiger partial charge >= 0.3 is 0 Å². The lowest BCUT2D eigenvalue weighted by Gasteiger charge is -2.17. The molecule has 94 valence electrons. The second-order valence-corrected chi connectivity index (χ2v) is 5.68. The quantitative estimate of drug-likeness (QED) is 0.817. The van der Waals surface area contributed by atoms with Gasteiger partial charge in [-0.1, -0.05) is 6.92 Å². The largest absolute Gasteiger partial charge is 0.384 e. The van der Waals surface area contributed by atoms with Crippen molar-refractivity contribution >= 4 is 17.6 Å². The van der Waals surface area contributed by atoms with Gasteiger partial charge in [0, 0.05) is 11.7 Å². The molecule has 17 heavy (non-hydrogen) atoms. The molecule has 0 fully saturated rings. The van der Waals surface area contributed by atoms with Gasteiger partial charge in [0.1, 0.15) is 11.9 Å². The SMILES string of the molecule is CCSCCC(C)n1c(C)c(C)c(C#N)c1N. The summed E-state index contributed by atoms with van der Waals surface area (Å²) in [5.41, 5.74) is 8.82. The van der Waals surface area contributed by atoms with Crippen LogP contribution in [0.4, 0.5) is 5.82 Å². The number of hydrogen-bond donors (Lipinski definition) is 1. The Kier molecular flexibility index (Phi) is 4.95. The standard InChI is InChI=1S/C13H21N3S/c1-5-17-7-6-9(2)16-11(4)10(3)12(8-14)13(16)15/h9H,5-7,15H2,1-4H3. The number of rotatable bonds is 5. The average molecular weight is 251 g/mol. The van der Waals surface area contributed by atoms with Crippen LogP contribution in [-0.4, -0.2) is 16.1 Å². The molecule has 1 aromatic rings. The number of nitrogens with zero attached hydrogens (tertiary/aromatic N) is 2. The lowest BCUT2D eigenvalue weighted by atomic mass is 10.2. The molecule has 1 atom stereocenters. The number of nitrogens with two attached hydrogens (primary N) is 1. The van der Waals surface area contributed by atoms with Crippen LogP contribution in [0.15, 0.2) is 0 Å². The minimum absolute atomic E-state index is 0.356. The van der Waals surface area contributed by atoms with Gasteiger partial charge in [-0.15, -0.1) is 0 Å². The summed E-state index contributed by atoms with van der Waals surface area (Å²) in [4.78, 5) is 0. The third-order valence-electron chi connectivity index (χ3n) is 3.23. The highest BCUT2D eigenvalue weighted by Crippen LogP contribution is 2.29. The van der Waals surface area contributed by atoms with Gasteiger partial charge < -0.3 is 10.3 Å². The van der Waals surface area contributed by atoms with Crippen molar-refractivity contribution < 1.29 is 0 Å². The van der Waals surface area contributed by atoms with Crippen molar-refractivity contribution in [1.29, 1.82) is 5.26 Å². The van der Waals surface area contributed by atoms with Crippen LogP contribution < -0.4 is 5.73 Å². The molecular weight excluding hydrogens is 230 g/mol. The Hall–Kier alpha value is -1.08. The van der Waals surface area contributed by atoms with E-state index < -0.39 is 0 Å². The summed E-state index contributed by atoms with van der Waals surface area (Å²) >= 11 is 1.94. The van der Waals surface area contributed by atoms with Crippen molar-refractivity contribution in [2.24, 2.45) is 0 Å². The van der Waals surface area contributed by atoms with E-state index in [-0.39, 0.29) is 0 Å². The highest BCUT2D eigenvalue weighted by molar-refractivity contribution is 7.99. The first-order chi connectivity index (χ1) is 8.04. The maximum Gasteiger partial charge on any atom is 0.122 e. The van der Waals surface area contributed by atoms with Crippen LogP contribution in [0, 0.1) is 25.2 Å². The Morgan fingerprint density at radius 3 is 2.59 bits per heavy atom.